The van der Waals surface area contributed by atoms with Crippen molar-refractivity contribution in [2.24, 2.45) is 0 Å². The number of hydrogen-bond donors (Lipinski definition) is 1. The van der Waals surface area contributed by atoms with Crippen LogP contribution in [-0.4, -0.2) is 35.6 Å². The molecular formula is C69H78IrN4O2. The van der Waals surface area contributed by atoms with Gasteiger partial charge in [0.15, 0.2) is 17.5 Å². The number of aliphatic hydroxyl groups excluding tert-OH is 1. The molecule has 2 heterocycles. The van der Waals surface area contributed by atoms with Gasteiger partial charge in [-0.3, -0.25) is 4.79 Å². The van der Waals surface area contributed by atoms with E-state index in [1.165, 1.54) is 121 Å². The molecule has 0 bridgehead atoms. The van der Waals surface area contributed by atoms with Gasteiger partial charge in [0.1, 0.15) is 0 Å². The maximum Gasteiger partial charge on any atom is 0.316 e. The smallest absolute Gasteiger partial charge is 0.316 e. The van der Waals surface area contributed by atoms with Crippen LogP contribution in [0.1, 0.15) is 166 Å². The minimum Gasteiger partial charge on any atom is -0.512 e. The van der Waals surface area contributed by atoms with Crippen molar-refractivity contribution in [1.82, 2.24) is 19.9 Å². The molecule has 1 atom stereocenters. The monoisotopic (exact) mass is 1190 g/mol. The van der Waals surface area contributed by atoms with Crippen LogP contribution in [-0.2, 0) is 49.2 Å². The van der Waals surface area contributed by atoms with Gasteiger partial charge >= 0.3 is 5.78 Å². The van der Waals surface area contributed by atoms with E-state index in [4.69, 9.17) is 29.8 Å². The second-order valence-electron chi connectivity index (χ2n) is 23.0. The molecule has 395 valence electrons. The van der Waals surface area contributed by atoms with Gasteiger partial charge in [-0.25, -0.2) is 15.0 Å². The average molecular weight is 1190 g/mol. The zero-order chi connectivity index (χ0) is 53.5. The van der Waals surface area contributed by atoms with Gasteiger partial charge in [0.2, 0.25) is 0 Å². The first kappa shape index (κ1) is 57.3. The van der Waals surface area contributed by atoms with Crippen LogP contribution in [0.15, 0.2) is 145 Å². The van der Waals surface area contributed by atoms with E-state index >= 15 is 0 Å². The van der Waals surface area contributed by atoms with Gasteiger partial charge in [-0.1, -0.05) is 220 Å². The zero-order valence-electron chi connectivity index (χ0n) is 46.9. The summed E-state index contributed by atoms with van der Waals surface area (Å²) in [7, 11) is 0. The third-order valence-electron chi connectivity index (χ3n) is 14.9. The van der Waals surface area contributed by atoms with Crippen LogP contribution in [0.5, 0.6) is 0 Å². The molecule has 1 aliphatic rings. The van der Waals surface area contributed by atoms with Gasteiger partial charge in [0.25, 0.3) is 0 Å². The average Bonchev–Trinajstić information content (AvgIpc) is 3.73. The summed E-state index contributed by atoms with van der Waals surface area (Å²) in [5.41, 5.74) is 16.4. The summed E-state index contributed by atoms with van der Waals surface area (Å²) < 4.78 is 0. The van der Waals surface area contributed by atoms with Gasteiger partial charge in [-0.15, -0.1) is 29.3 Å². The molecular weight excluding hydrogens is 1110 g/mol. The van der Waals surface area contributed by atoms with Crippen LogP contribution in [0.25, 0.3) is 67.3 Å². The number of rotatable bonds is 16. The molecule has 9 rings (SSSR count). The predicted molar refractivity (Wildman–Crippen MR) is 315 cm³/mol. The fourth-order valence-corrected chi connectivity index (χ4v) is 10.6. The Labute approximate surface area is 467 Å². The second-order valence-corrected chi connectivity index (χ2v) is 23.0. The minimum absolute atomic E-state index is 0. The largest absolute Gasteiger partial charge is 0.512 e. The standard InChI is InChI=1S/C64H69N4.C5H8O2.Ir/c1-10-12-14-16-22-43-38-44(23-17-15-13-11-2)40-50(39-43)64(9)56-27-21-20-25-52(56)53-37-32-47(41-57(53)64)58-54-26-19-18-24-51(54)55(42-65-58)61-67-59(45-28-33-48(34-29-45)62(3,4)5)66-60(68-61)46-30-35-49(36-31-46)63(6,7)8;1-4(6)3-5(2)7;/h18-21,24-31,33-42H,10-17,22-23H2,1-9H3;3,6H,1-2H3;/q-1;;/p+1/b;4-3-;/t64-;;/m0../s1. The number of aryl methyl sites for hydroxylation is 2. The van der Waals surface area contributed by atoms with Crippen molar-refractivity contribution in [2.45, 2.75) is 157 Å². The van der Waals surface area contributed by atoms with Crippen LogP contribution in [0.4, 0.5) is 0 Å². The molecule has 6 nitrogen and oxygen atoms in total. The molecule has 76 heavy (non-hydrogen) atoms. The Morgan fingerprint density at radius 3 is 1.61 bits per heavy atom. The predicted octanol–water partition coefficient (Wildman–Crippen LogP) is 18.1. The van der Waals surface area contributed by atoms with Crippen LogP contribution in [0.3, 0.4) is 0 Å². The van der Waals surface area contributed by atoms with Crippen molar-refractivity contribution in [3.8, 4) is 56.5 Å². The summed E-state index contributed by atoms with van der Waals surface area (Å²) in [6.07, 6.45) is 15.6. The number of pyridine rings is 1. The third-order valence-corrected chi connectivity index (χ3v) is 14.9. The zero-order valence-corrected chi connectivity index (χ0v) is 49.3. The Bertz CT molecular complexity index is 3210. The number of nitrogens with zero attached hydrogens (tertiary/aromatic N) is 4. The van der Waals surface area contributed by atoms with E-state index < -0.39 is 0 Å². The number of fused-ring (bicyclic) bond motifs is 4. The van der Waals surface area contributed by atoms with Crippen molar-refractivity contribution < 1.29 is 30.0 Å². The number of ketones is 1. The molecule has 2 aromatic heterocycles. The van der Waals surface area contributed by atoms with Crippen molar-refractivity contribution in [3.05, 3.63) is 190 Å². The van der Waals surface area contributed by atoms with Gasteiger partial charge in [0, 0.05) is 48.4 Å². The second kappa shape index (κ2) is 24.7. The molecule has 1 radical (unpaired) electrons. The van der Waals surface area contributed by atoms with E-state index in [0.29, 0.717) is 17.5 Å². The van der Waals surface area contributed by atoms with Crippen molar-refractivity contribution in [1.29, 1.82) is 0 Å². The summed E-state index contributed by atoms with van der Waals surface area (Å²) in [6, 6.07) is 50.9. The van der Waals surface area contributed by atoms with E-state index in [-0.39, 0.29) is 47.9 Å². The molecule has 0 saturated heterocycles. The molecule has 7 heteroatoms. The summed E-state index contributed by atoms with van der Waals surface area (Å²) in [5.74, 6) is 2.12. The van der Waals surface area contributed by atoms with Crippen LogP contribution in [0, 0.1) is 6.07 Å². The molecule has 1 aliphatic carbocycles. The van der Waals surface area contributed by atoms with Gasteiger partial charge in [-0.2, -0.15) is 0 Å². The normalized spacial score (nSPS) is 14.1. The number of aromatic nitrogens is 4. The Morgan fingerprint density at radius 2 is 1.11 bits per heavy atom. The van der Waals surface area contributed by atoms with Gasteiger partial charge in [0.05, 0.1) is 18.8 Å². The van der Waals surface area contributed by atoms with E-state index in [2.05, 4.69) is 196 Å². The van der Waals surface area contributed by atoms with Crippen LogP contribution >= 0.6 is 0 Å². The number of allylic oxidation sites excluding steroid dienone is 2. The quantitative estimate of drug-likeness (QED) is 0.0342. The third kappa shape index (κ3) is 13.0. The molecule has 0 fully saturated rings. The number of aliphatic hydroxyl groups is 1. The summed E-state index contributed by atoms with van der Waals surface area (Å²) >= 11 is 0. The van der Waals surface area contributed by atoms with Crippen LogP contribution in [0.2, 0.25) is 0 Å². The first-order chi connectivity index (χ1) is 35.9. The summed E-state index contributed by atoms with van der Waals surface area (Å²) in [5, 5.41) is 10.5. The van der Waals surface area contributed by atoms with Gasteiger partial charge in [-0.05, 0) is 100 Å². The van der Waals surface area contributed by atoms with Gasteiger partial charge < -0.3 is 10.1 Å². The van der Waals surface area contributed by atoms with Crippen molar-refractivity contribution in [3.63, 3.8) is 0 Å². The summed E-state index contributed by atoms with van der Waals surface area (Å²) in [6.45, 7) is 23.5. The molecule has 0 saturated carbocycles. The first-order valence-electron chi connectivity index (χ1n) is 27.4. The topological polar surface area (TPSA) is 93.2 Å². The fourth-order valence-electron chi connectivity index (χ4n) is 10.6. The number of hydrogen-bond acceptors (Lipinski definition) is 5. The SMILES string of the molecule is CC(=[OH+])/C=C(/C)O.CCCCCCc1cc(CCCCCC)cc([C@@]2(C)c3ccccc3-c3c[c-]c(-c4ncc(-c5nc(-c6ccc(C(C)(C)C)cc6)nc(-c6ccc(C(C)(C)C)cc6)n5)c5ccccc45)cc32)c1.[Ir]. The molecule has 0 aliphatic heterocycles. The maximum atomic E-state index is 8.40. The summed E-state index contributed by atoms with van der Waals surface area (Å²) in [4.78, 5) is 29.3. The maximum absolute atomic E-state index is 8.40. The molecule has 0 unspecified atom stereocenters. The Morgan fingerprint density at radius 1 is 0.592 bits per heavy atom. The molecule has 0 amide bonds. The Hall–Kier alpha value is -6.40. The molecule has 0 spiro atoms. The Balaban J connectivity index is 0.000000983. The molecule has 8 aromatic rings. The van der Waals surface area contributed by atoms with Crippen LogP contribution < -0.4 is 0 Å². The van der Waals surface area contributed by atoms with E-state index in [1.54, 1.807) is 0 Å². The first-order valence-corrected chi connectivity index (χ1v) is 27.4. The van der Waals surface area contributed by atoms with Crippen molar-refractivity contribution >= 4 is 16.6 Å². The van der Waals surface area contributed by atoms with E-state index in [9.17, 15) is 0 Å². The van der Waals surface area contributed by atoms with E-state index in [1.807, 2.05) is 6.20 Å². The number of unbranched alkanes of at least 4 members (excludes halogenated alkanes) is 6. The van der Waals surface area contributed by atoms with E-state index in [0.717, 1.165) is 51.6 Å². The Kier molecular flexibility index (Phi) is 18.6. The number of benzene rings is 6. The fraction of sp³-hybridized carbons (Fsp3) is 0.348. The minimum atomic E-state index is -0.350. The molecule has 6 aromatic carbocycles. The van der Waals surface area contributed by atoms with Crippen molar-refractivity contribution in [2.75, 3.05) is 0 Å². The molecule has 2 N–H and O–H groups in total. The number of carbonyl (C=O) groups excluding carboxylic acids is 1.